The molecule has 3 amide bonds. The number of unbranched alkanes of at least 4 members (excludes halogenated alkanes) is 12. The van der Waals surface area contributed by atoms with Crippen molar-refractivity contribution < 1.29 is 19.2 Å². The van der Waals surface area contributed by atoms with Crippen LogP contribution in [0.3, 0.4) is 0 Å². The van der Waals surface area contributed by atoms with E-state index in [1.165, 1.54) is 144 Å². The Morgan fingerprint density at radius 3 is 1.85 bits per heavy atom. The van der Waals surface area contributed by atoms with Crippen LogP contribution in [0, 0.1) is 30.1 Å². The van der Waals surface area contributed by atoms with Crippen LogP contribution >= 0.6 is 46.3 Å². The number of amides is 3. The predicted molar refractivity (Wildman–Crippen MR) is 387 cm³/mol. The van der Waals surface area contributed by atoms with Gasteiger partial charge in [-0.3, -0.25) is 14.4 Å². The molecule has 2 heterocycles. The topological polar surface area (TPSA) is 173 Å². The third kappa shape index (κ3) is 42.9. The molecule has 0 aliphatic carbocycles. The Labute approximate surface area is 556 Å². The first-order valence-corrected chi connectivity index (χ1v) is 36.3. The Kier molecular flexibility index (Phi) is 54.6. The summed E-state index contributed by atoms with van der Waals surface area (Å²) in [5.41, 5.74) is 19.2. The summed E-state index contributed by atoms with van der Waals surface area (Å²) in [6.07, 6.45) is 31.6. The van der Waals surface area contributed by atoms with E-state index in [1.54, 1.807) is 23.5 Å². The number of aromatic nitrogens is 1. The van der Waals surface area contributed by atoms with Crippen LogP contribution < -0.4 is 22.1 Å². The predicted octanol–water partition coefficient (Wildman–Crippen LogP) is 20.5. The van der Waals surface area contributed by atoms with E-state index in [0.29, 0.717) is 40.0 Å². The molecule has 502 valence electrons. The van der Waals surface area contributed by atoms with Gasteiger partial charge >= 0.3 is 0 Å². The standard InChI is InChI=1S/C35H68N4O3.C16H20Cl2N2S.C13H15NS.C4H10.C3H8.C2H4O/c1-4-6-17-24-35(30-36,23-5-2)25-18-14-16-20-32(40)37-26-19-13-11-9-7-8-10-12-15-21-33(41)38-28-34(42)39-27-22-31(3)29-39;1-5-10(3)15(16(19)20-11(4)6-2)21-13-9-7-8-12(17)14(13)18;1-3-4-11-5-7-12(8-6-11)13-10(2)14-9-15-13;1-4(2)3;1-3-2;1-2-3/h31H,4-30,36H2,1-3H3,(H,37,40)(H,38,41);6-10H,2,5,19H2,1,3-4H3;5-9H,3-4H2,1-2H3;4H,1-3H3;3H2,1-2H3;2H,1H3/b;16-15+,20-11-;;;;. The van der Waals surface area contributed by atoms with E-state index < -0.39 is 0 Å². The summed E-state index contributed by atoms with van der Waals surface area (Å²) in [4.78, 5) is 58.8. The maximum atomic E-state index is 12.2. The second-order valence-electron chi connectivity index (χ2n) is 24.3. The smallest absolute Gasteiger partial charge is 0.241 e. The first-order chi connectivity index (χ1) is 42.1. The van der Waals surface area contributed by atoms with Gasteiger partial charge in [0.05, 0.1) is 32.7 Å². The fourth-order valence-corrected chi connectivity index (χ4v) is 12.1. The van der Waals surface area contributed by atoms with Crippen molar-refractivity contribution in [1.29, 1.82) is 0 Å². The number of thiazole rings is 1. The van der Waals surface area contributed by atoms with Gasteiger partial charge in [0.15, 0.2) is 0 Å². The van der Waals surface area contributed by atoms with Gasteiger partial charge in [0.2, 0.25) is 17.7 Å². The molecule has 1 saturated heterocycles. The largest absolute Gasteiger partial charge is 0.383 e. The lowest BCUT2D eigenvalue weighted by Gasteiger charge is -2.33. The molecule has 1 fully saturated rings. The van der Waals surface area contributed by atoms with E-state index in [9.17, 15) is 14.4 Å². The molecule has 0 bridgehead atoms. The highest BCUT2D eigenvalue weighted by Gasteiger charge is 2.27. The lowest BCUT2D eigenvalue weighted by atomic mass is 9.74. The minimum atomic E-state index is -0.00294. The Hall–Kier alpha value is -4.01. The summed E-state index contributed by atoms with van der Waals surface area (Å²) in [6, 6.07) is 14.4. The maximum absolute atomic E-state index is 12.2. The third-order valence-corrected chi connectivity index (χ3v) is 18.1. The number of nitrogens with zero attached hydrogens (tertiary/aromatic N) is 3. The summed E-state index contributed by atoms with van der Waals surface area (Å²) in [5.74, 6) is 2.44. The summed E-state index contributed by atoms with van der Waals surface area (Å²) in [6.45, 7) is 36.3. The molecule has 0 saturated carbocycles. The van der Waals surface area contributed by atoms with Crippen molar-refractivity contribution in [3.8, 4) is 10.4 Å². The summed E-state index contributed by atoms with van der Waals surface area (Å²) in [7, 11) is 0. The molecule has 3 atom stereocenters. The number of aliphatic imine (C=N–C) groups is 1. The Morgan fingerprint density at radius 1 is 0.818 bits per heavy atom. The number of carbonyl (C=O) groups excluding carboxylic acids is 4. The van der Waals surface area contributed by atoms with Gasteiger partial charge in [0, 0.05) is 48.0 Å². The Balaban J connectivity index is 0. The zero-order valence-corrected chi connectivity index (χ0v) is 61.0. The minimum Gasteiger partial charge on any atom is -0.383 e. The average Bonchev–Trinajstić information content (AvgIpc) is 4.04. The van der Waals surface area contributed by atoms with Gasteiger partial charge < -0.3 is 31.8 Å². The number of halogens is 2. The van der Waals surface area contributed by atoms with Crippen molar-refractivity contribution in [2.45, 2.75) is 269 Å². The Morgan fingerprint density at radius 2 is 1.36 bits per heavy atom. The van der Waals surface area contributed by atoms with Gasteiger partial charge in [-0.2, -0.15) is 0 Å². The van der Waals surface area contributed by atoms with Crippen LogP contribution in [-0.4, -0.2) is 72.3 Å². The molecule has 0 spiro atoms. The third-order valence-electron chi connectivity index (χ3n) is 14.8. The van der Waals surface area contributed by atoms with Crippen LogP contribution in [0.15, 0.2) is 81.2 Å². The SMILES string of the molecule is C=C/C(C)=N\C(N)=C(\Sc1cccc(Cl)c1Cl)C(C)CC.CC(C)C.CC=O.CCC.CCCCCC(CN)(CCC)CCCCCC(=O)NCCCCCCCCCCCC(=O)NCC(=O)N1CCC(C)C1.CCCc1ccc(-c2scnc2C)cc1. The molecule has 3 aromatic rings. The number of aryl methyl sites for hydroxylation is 2. The fourth-order valence-electron chi connectivity index (χ4n) is 9.68. The molecule has 3 unspecified atom stereocenters. The summed E-state index contributed by atoms with van der Waals surface area (Å²) in [5, 5.41) is 6.98. The number of hydrogen-bond donors (Lipinski definition) is 4. The number of carbonyl (C=O) groups is 4. The normalized spacial score (nSPS) is 13.9. The van der Waals surface area contributed by atoms with Crippen molar-refractivity contribution in [3.05, 3.63) is 92.7 Å². The monoisotopic (exact) mass is 1300 g/mol. The number of hydrogen-bond acceptors (Lipinski definition) is 10. The molecule has 4 rings (SSSR count). The van der Waals surface area contributed by atoms with Crippen molar-refractivity contribution in [3.63, 3.8) is 0 Å². The van der Waals surface area contributed by atoms with E-state index >= 15 is 0 Å². The molecule has 0 radical (unpaired) electrons. The lowest BCUT2D eigenvalue weighted by Crippen LogP contribution is -2.38. The van der Waals surface area contributed by atoms with E-state index in [4.69, 9.17) is 39.5 Å². The molecule has 1 aliphatic rings. The molecule has 15 heteroatoms. The summed E-state index contributed by atoms with van der Waals surface area (Å²) < 4.78 is 0. The average molecular weight is 1300 g/mol. The van der Waals surface area contributed by atoms with Crippen molar-refractivity contribution in [1.82, 2.24) is 20.5 Å². The van der Waals surface area contributed by atoms with E-state index in [2.05, 4.69) is 135 Å². The molecule has 11 nitrogen and oxygen atoms in total. The number of benzene rings is 2. The number of allylic oxidation sites excluding steroid dienone is 2. The molecular weight excluding hydrogens is 1170 g/mol. The van der Waals surface area contributed by atoms with Gasteiger partial charge in [-0.1, -0.05) is 244 Å². The Bertz CT molecular complexity index is 2340. The molecule has 6 N–H and O–H groups in total. The van der Waals surface area contributed by atoms with Gasteiger partial charge in [-0.05, 0) is 138 Å². The van der Waals surface area contributed by atoms with Crippen LogP contribution in [0.1, 0.15) is 262 Å². The lowest BCUT2D eigenvalue weighted by molar-refractivity contribution is -0.132. The van der Waals surface area contributed by atoms with Crippen molar-refractivity contribution in [2.24, 2.45) is 39.6 Å². The first-order valence-electron chi connectivity index (χ1n) is 33.8. The van der Waals surface area contributed by atoms with Gasteiger partial charge in [-0.15, -0.1) is 11.3 Å². The number of rotatable bonds is 36. The second-order valence-corrected chi connectivity index (χ2v) is 27.0. The second kappa shape index (κ2) is 55.8. The number of nitrogens with one attached hydrogen (secondary N) is 2. The quantitative estimate of drug-likeness (QED) is 0.0193. The van der Waals surface area contributed by atoms with Crippen LogP contribution in [0.2, 0.25) is 10.0 Å². The maximum Gasteiger partial charge on any atom is 0.241 e. The van der Waals surface area contributed by atoms with Crippen LogP contribution in [-0.2, 0) is 25.6 Å². The highest BCUT2D eigenvalue weighted by Crippen LogP contribution is 2.41. The van der Waals surface area contributed by atoms with Crippen LogP contribution in [0.4, 0.5) is 0 Å². The van der Waals surface area contributed by atoms with Crippen LogP contribution in [0.25, 0.3) is 10.4 Å². The first kappa shape index (κ1) is 86.1. The zero-order chi connectivity index (χ0) is 66.5. The molecular formula is C73H125Cl2N7O4S2. The van der Waals surface area contributed by atoms with Crippen molar-refractivity contribution >= 4 is 76.0 Å². The van der Waals surface area contributed by atoms with Gasteiger partial charge in [0.1, 0.15) is 12.1 Å². The number of nitrogens with two attached hydrogens (primary N) is 2. The van der Waals surface area contributed by atoms with Crippen LogP contribution in [0.5, 0.6) is 0 Å². The zero-order valence-electron chi connectivity index (χ0n) is 57.8. The highest BCUT2D eigenvalue weighted by molar-refractivity contribution is 8.03. The van der Waals surface area contributed by atoms with Gasteiger partial charge in [-0.25, -0.2) is 9.98 Å². The number of thioether (sulfide) groups is 1. The van der Waals surface area contributed by atoms with E-state index in [0.717, 1.165) is 105 Å². The fraction of sp³-hybridized carbons (Fsp3) is 0.671. The molecule has 2 aromatic carbocycles. The molecule has 1 aliphatic heterocycles. The molecule has 1 aromatic heterocycles. The minimum absolute atomic E-state index is 0.00294. The number of aldehydes is 1. The van der Waals surface area contributed by atoms with E-state index in [1.807, 2.05) is 29.5 Å². The van der Waals surface area contributed by atoms with Crippen molar-refractivity contribution in [2.75, 3.05) is 32.7 Å². The number of likely N-dealkylation sites (tertiary alicyclic amines) is 1. The highest BCUT2D eigenvalue weighted by atomic mass is 35.5. The van der Waals surface area contributed by atoms with Gasteiger partial charge in [0.25, 0.3) is 0 Å². The summed E-state index contributed by atoms with van der Waals surface area (Å²) >= 11 is 15.5. The van der Waals surface area contributed by atoms with E-state index in [-0.39, 0.29) is 30.2 Å². The molecule has 88 heavy (non-hydrogen) atoms.